The van der Waals surface area contributed by atoms with Crippen LogP contribution in [0.15, 0.2) is 52.4 Å². The minimum atomic E-state index is -4.97. The van der Waals surface area contributed by atoms with Crippen LogP contribution in [0.2, 0.25) is 0 Å². The fraction of sp³-hybridized carbons (Fsp3) is 0.0833. The second-order valence-corrected chi connectivity index (χ2v) is 7.18. The molecule has 21 heavy (non-hydrogen) atoms. The molecule has 2 aromatic rings. The van der Waals surface area contributed by atoms with Crippen molar-refractivity contribution in [1.29, 1.82) is 0 Å². The number of hydrogen-bond acceptors (Lipinski definition) is 5. The van der Waals surface area contributed by atoms with Crippen LogP contribution >= 0.6 is 0 Å². The van der Waals surface area contributed by atoms with Crippen molar-refractivity contribution in [2.45, 2.75) is 16.7 Å². The third-order valence-corrected chi connectivity index (χ3v) is 4.83. The summed E-state index contributed by atoms with van der Waals surface area (Å²) in [4.78, 5) is 2.86. The molecule has 0 radical (unpaired) electrons. The molecule has 6 nitrogen and oxygen atoms in total. The monoisotopic (exact) mass is 330 g/mol. The molecule has 0 unspecified atom stereocenters. The number of rotatable bonds is 4. The molecule has 1 aromatic heterocycles. The Morgan fingerprint density at radius 1 is 1.05 bits per heavy atom. The maximum Gasteiger partial charge on any atom is 0.332 e. The van der Waals surface area contributed by atoms with E-state index in [9.17, 15) is 20.7 Å². The van der Waals surface area contributed by atoms with Crippen LogP contribution < -0.4 is 4.72 Å². The van der Waals surface area contributed by atoms with Gasteiger partial charge in [-0.05, 0) is 37.3 Å². The Balaban J connectivity index is 2.44. The van der Waals surface area contributed by atoms with E-state index in [4.69, 9.17) is 0 Å². The molecule has 1 heterocycles. The average Bonchev–Trinajstić information content (AvgIpc) is 2.40. The number of pyridine rings is 1. The van der Waals surface area contributed by atoms with Crippen molar-refractivity contribution in [2.75, 3.05) is 4.72 Å². The minimum absolute atomic E-state index is 0.256. The summed E-state index contributed by atoms with van der Waals surface area (Å²) in [7, 11) is -9.01. The Kier molecular flexibility index (Phi) is 3.97. The zero-order valence-electron chi connectivity index (χ0n) is 10.8. The van der Waals surface area contributed by atoms with Crippen LogP contribution in [0, 0.1) is 6.92 Å². The minimum Gasteiger partial charge on any atom is -0.278 e. The average molecular weight is 330 g/mol. The van der Waals surface area contributed by atoms with Gasteiger partial charge in [0.05, 0.1) is 21.2 Å². The van der Waals surface area contributed by atoms with Crippen molar-refractivity contribution in [3.05, 3.63) is 48.3 Å². The molecule has 1 N–H and O–H groups in total. The summed E-state index contributed by atoms with van der Waals surface area (Å²) in [6.07, 6.45) is 1.50. The summed E-state index contributed by atoms with van der Waals surface area (Å²) >= 11 is 0. The topological polar surface area (TPSA) is 93.2 Å². The van der Waals surface area contributed by atoms with Crippen LogP contribution in [0.4, 0.5) is 9.57 Å². The first-order valence-electron chi connectivity index (χ1n) is 5.69. The van der Waals surface area contributed by atoms with Crippen molar-refractivity contribution >= 4 is 25.9 Å². The molecule has 112 valence electrons. The number of nitrogens with zero attached hydrogens (tertiary/aromatic N) is 1. The summed E-state index contributed by atoms with van der Waals surface area (Å²) < 4.78 is 61.2. The van der Waals surface area contributed by atoms with Crippen LogP contribution in [0.1, 0.15) is 5.69 Å². The Morgan fingerprint density at radius 2 is 1.71 bits per heavy atom. The van der Waals surface area contributed by atoms with Crippen molar-refractivity contribution in [2.24, 2.45) is 0 Å². The summed E-state index contributed by atoms with van der Waals surface area (Å²) in [5.41, 5.74) is 0.710. The lowest BCUT2D eigenvalue weighted by Crippen LogP contribution is -2.14. The van der Waals surface area contributed by atoms with E-state index < -0.39 is 25.1 Å². The molecule has 0 fully saturated rings. The highest BCUT2D eigenvalue weighted by molar-refractivity contribution is 7.92. The first kappa shape index (κ1) is 15.4. The number of halogens is 1. The molecular formula is C12H11FN2O4S2. The van der Waals surface area contributed by atoms with Gasteiger partial charge in [-0.1, -0.05) is 6.07 Å². The molecule has 0 aliphatic carbocycles. The highest BCUT2D eigenvalue weighted by Crippen LogP contribution is 2.21. The molecule has 0 aliphatic rings. The standard InChI is InChI=1S/C12H11FN2O4S2/c1-9-12(6-3-7-14-9)15-21(18,19)11-5-2-4-10(8-11)20(13,16)17/h2-8,15H,1H3. The lowest BCUT2D eigenvalue weighted by Gasteiger charge is -2.10. The fourth-order valence-corrected chi connectivity index (χ4v) is 3.34. The van der Waals surface area contributed by atoms with E-state index in [0.717, 1.165) is 18.2 Å². The van der Waals surface area contributed by atoms with E-state index in [1.807, 2.05) is 0 Å². The number of hydrogen-bond donors (Lipinski definition) is 1. The summed E-state index contributed by atoms with van der Waals surface area (Å²) in [5, 5.41) is 0. The third kappa shape index (κ3) is 3.56. The van der Waals surface area contributed by atoms with E-state index in [1.54, 1.807) is 13.0 Å². The molecule has 1 aromatic carbocycles. The van der Waals surface area contributed by atoms with Crippen molar-refractivity contribution in [3.8, 4) is 0 Å². The molecule has 0 amide bonds. The zero-order valence-corrected chi connectivity index (χ0v) is 12.4. The van der Waals surface area contributed by atoms with Gasteiger partial charge in [-0.2, -0.15) is 8.42 Å². The Hall–Kier alpha value is -2.00. The predicted molar refractivity (Wildman–Crippen MR) is 74.5 cm³/mol. The maximum absolute atomic E-state index is 12.9. The van der Waals surface area contributed by atoms with Gasteiger partial charge in [0.2, 0.25) is 0 Å². The van der Waals surface area contributed by atoms with Crippen molar-refractivity contribution in [1.82, 2.24) is 4.98 Å². The zero-order chi connectivity index (χ0) is 15.7. The van der Waals surface area contributed by atoms with E-state index in [0.29, 0.717) is 5.69 Å². The number of sulfonamides is 1. The second-order valence-electron chi connectivity index (χ2n) is 4.15. The third-order valence-electron chi connectivity index (χ3n) is 2.65. The van der Waals surface area contributed by atoms with Gasteiger partial charge in [0.15, 0.2) is 0 Å². The summed E-state index contributed by atoms with van der Waals surface area (Å²) in [6, 6.07) is 7.11. The van der Waals surface area contributed by atoms with Crippen LogP contribution in [-0.2, 0) is 20.2 Å². The quantitative estimate of drug-likeness (QED) is 0.864. The van der Waals surface area contributed by atoms with E-state index in [2.05, 4.69) is 9.71 Å². The lowest BCUT2D eigenvalue weighted by atomic mass is 10.3. The van der Waals surface area contributed by atoms with E-state index in [-0.39, 0.29) is 10.6 Å². The largest absolute Gasteiger partial charge is 0.332 e. The van der Waals surface area contributed by atoms with Gasteiger partial charge < -0.3 is 0 Å². The SMILES string of the molecule is Cc1ncccc1NS(=O)(=O)c1cccc(S(=O)(=O)F)c1. The molecule has 0 bridgehead atoms. The van der Waals surface area contributed by atoms with Gasteiger partial charge in [0.25, 0.3) is 10.0 Å². The normalized spacial score (nSPS) is 12.1. The first-order chi connectivity index (χ1) is 9.70. The van der Waals surface area contributed by atoms with Crippen LogP contribution in [0.25, 0.3) is 0 Å². The molecule has 0 spiro atoms. The molecule has 0 saturated heterocycles. The Bertz CT molecular complexity index is 880. The highest BCUT2D eigenvalue weighted by Gasteiger charge is 2.19. The smallest absolute Gasteiger partial charge is 0.278 e. The molecule has 0 aliphatic heterocycles. The van der Waals surface area contributed by atoms with Crippen LogP contribution in [0.3, 0.4) is 0 Å². The summed E-state index contributed by atoms with van der Waals surface area (Å²) in [6.45, 7) is 1.61. The van der Waals surface area contributed by atoms with Gasteiger partial charge in [-0.15, -0.1) is 3.89 Å². The van der Waals surface area contributed by atoms with Gasteiger partial charge in [0, 0.05) is 6.20 Å². The number of aromatic nitrogens is 1. The molecule has 2 rings (SSSR count). The lowest BCUT2D eigenvalue weighted by molar-refractivity contribution is 0.552. The van der Waals surface area contributed by atoms with Gasteiger partial charge >= 0.3 is 10.2 Å². The molecular weight excluding hydrogens is 319 g/mol. The second kappa shape index (κ2) is 5.41. The van der Waals surface area contributed by atoms with Crippen LogP contribution in [0.5, 0.6) is 0 Å². The van der Waals surface area contributed by atoms with Gasteiger partial charge in [-0.25, -0.2) is 8.42 Å². The molecule has 0 saturated carbocycles. The van der Waals surface area contributed by atoms with E-state index >= 15 is 0 Å². The molecule has 9 heteroatoms. The van der Waals surface area contributed by atoms with Crippen molar-refractivity contribution < 1.29 is 20.7 Å². The Morgan fingerprint density at radius 3 is 2.33 bits per heavy atom. The maximum atomic E-state index is 12.9. The van der Waals surface area contributed by atoms with Gasteiger partial charge in [0.1, 0.15) is 0 Å². The number of nitrogens with one attached hydrogen (secondary N) is 1. The Labute approximate surface area is 121 Å². The fourth-order valence-electron chi connectivity index (χ4n) is 1.59. The number of benzene rings is 1. The predicted octanol–water partition coefficient (Wildman–Crippen LogP) is 1.85. The van der Waals surface area contributed by atoms with Crippen molar-refractivity contribution in [3.63, 3.8) is 0 Å². The number of aryl methyl sites for hydroxylation is 1. The first-order valence-corrected chi connectivity index (χ1v) is 8.56. The van der Waals surface area contributed by atoms with E-state index in [1.165, 1.54) is 18.3 Å². The number of anilines is 1. The summed E-state index contributed by atoms with van der Waals surface area (Å²) in [5.74, 6) is 0. The molecule has 0 atom stereocenters. The van der Waals surface area contributed by atoms with Crippen LogP contribution in [-0.4, -0.2) is 21.8 Å². The highest BCUT2D eigenvalue weighted by atomic mass is 32.3. The van der Waals surface area contributed by atoms with Gasteiger partial charge in [-0.3, -0.25) is 9.71 Å².